The van der Waals surface area contributed by atoms with Crippen LogP contribution in [0.5, 0.6) is 5.75 Å². The molecule has 1 fully saturated rings. The summed E-state index contributed by atoms with van der Waals surface area (Å²) in [6.45, 7) is 0. The van der Waals surface area contributed by atoms with E-state index in [2.05, 4.69) is 4.98 Å². The van der Waals surface area contributed by atoms with E-state index in [9.17, 15) is 0 Å². The van der Waals surface area contributed by atoms with E-state index in [1.165, 1.54) is 12.1 Å². The molecule has 1 aromatic heterocycles. The van der Waals surface area contributed by atoms with Gasteiger partial charge in [0.25, 0.3) is 0 Å². The molecule has 1 heterocycles. The number of hydrogen-bond donors (Lipinski definition) is 1. The van der Waals surface area contributed by atoms with E-state index in [4.69, 9.17) is 12.0 Å². The van der Waals surface area contributed by atoms with Gasteiger partial charge in [0.1, 0.15) is 5.75 Å². The molecule has 0 radical (unpaired) electrons. The van der Waals surface area contributed by atoms with Gasteiger partial charge in [0, 0.05) is 18.4 Å². The van der Waals surface area contributed by atoms with E-state index in [0.717, 1.165) is 6.20 Å². The number of nitrogens with zero attached hydrogens (tertiary/aromatic N) is 1. The largest absolute Gasteiger partial charge is 0.506 e. The van der Waals surface area contributed by atoms with E-state index in [-0.39, 0.29) is 11.4 Å². The summed E-state index contributed by atoms with van der Waals surface area (Å²) in [6, 6.07) is 2.54. The van der Waals surface area contributed by atoms with Gasteiger partial charge in [-0.15, -0.1) is 0 Å². The Bertz CT molecular complexity index is 388. The summed E-state index contributed by atoms with van der Waals surface area (Å²) in [4.78, 5) is 3.69. The highest BCUT2D eigenvalue weighted by atomic mass is 16.3. The maximum Gasteiger partial charge on any atom is 0.133 e. The molecule has 10 heavy (non-hydrogen) atoms. The molecule has 1 N–H and O–H groups in total. The SMILES string of the molecule is [2H]C1([2H])C([2H])([2H])C1([2H])c1ccc(O)cn1. The summed E-state index contributed by atoms with van der Waals surface area (Å²) < 4.78 is 37.4. The summed E-state index contributed by atoms with van der Waals surface area (Å²) >= 11 is 0. The first-order chi connectivity index (χ1) is 6.75. The Morgan fingerprint density at radius 3 is 3.00 bits per heavy atom. The summed E-state index contributed by atoms with van der Waals surface area (Å²) in [5, 5.41) is 8.99. The lowest BCUT2D eigenvalue weighted by atomic mass is 10.2. The molecular weight excluding hydrogens is 126 g/mol. The van der Waals surface area contributed by atoms with Crippen molar-refractivity contribution in [3.63, 3.8) is 0 Å². The van der Waals surface area contributed by atoms with Crippen LogP contribution < -0.4 is 0 Å². The first-order valence-corrected chi connectivity index (χ1v) is 2.90. The maximum absolute atomic E-state index is 8.99. The molecule has 1 aliphatic rings. The van der Waals surface area contributed by atoms with Gasteiger partial charge < -0.3 is 5.11 Å². The Hall–Kier alpha value is -1.05. The second-order valence-electron chi connectivity index (χ2n) is 2.03. The van der Waals surface area contributed by atoms with Crippen LogP contribution in [0, 0.1) is 0 Å². The highest BCUT2D eigenvalue weighted by Crippen LogP contribution is 2.38. The molecular formula is C8H9NO. The lowest BCUT2D eigenvalue weighted by Crippen LogP contribution is -1.82. The van der Waals surface area contributed by atoms with Crippen LogP contribution in [-0.2, 0) is 0 Å². The van der Waals surface area contributed by atoms with Crippen molar-refractivity contribution in [2.75, 3.05) is 0 Å². The standard InChI is InChI=1S/C8H9NO/c10-7-3-4-8(9-5-7)6-1-2-6/h3-6,10H,1-2H2/i1D2,2D2,6D. The molecule has 2 heteroatoms. The van der Waals surface area contributed by atoms with Crippen LogP contribution >= 0.6 is 0 Å². The molecule has 0 saturated heterocycles. The third-order valence-corrected chi connectivity index (χ3v) is 1.25. The zero-order valence-corrected chi connectivity index (χ0v) is 5.13. The van der Waals surface area contributed by atoms with E-state index >= 15 is 0 Å². The molecule has 1 aliphatic carbocycles. The highest BCUT2D eigenvalue weighted by Gasteiger charge is 2.24. The predicted octanol–water partition coefficient (Wildman–Crippen LogP) is 1.66. The molecule has 1 saturated carbocycles. The molecule has 2 nitrogen and oxygen atoms in total. The number of aromatic nitrogens is 1. The summed E-state index contributed by atoms with van der Waals surface area (Å²) in [7, 11) is 0. The highest BCUT2D eigenvalue weighted by molar-refractivity contribution is 5.22. The quantitative estimate of drug-likeness (QED) is 0.643. The fraction of sp³-hybridized carbons (Fsp3) is 0.375. The van der Waals surface area contributed by atoms with Gasteiger partial charge >= 0.3 is 0 Å². The Kier molecular flexibility index (Phi) is 0.499. The van der Waals surface area contributed by atoms with Gasteiger partial charge in [-0.1, -0.05) is 0 Å². The smallest absolute Gasteiger partial charge is 0.133 e. The topological polar surface area (TPSA) is 33.1 Å². The van der Waals surface area contributed by atoms with Crippen molar-refractivity contribution in [1.29, 1.82) is 0 Å². The van der Waals surface area contributed by atoms with Crippen molar-refractivity contribution in [2.45, 2.75) is 18.6 Å². The van der Waals surface area contributed by atoms with Crippen LogP contribution in [0.4, 0.5) is 0 Å². The third kappa shape index (κ3) is 0.967. The second-order valence-corrected chi connectivity index (χ2v) is 2.03. The van der Waals surface area contributed by atoms with Gasteiger partial charge in [0.15, 0.2) is 0 Å². The van der Waals surface area contributed by atoms with Crippen molar-refractivity contribution >= 4 is 0 Å². The second kappa shape index (κ2) is 1.97. The zero-order valence-electron chi connectivity index (χ0n) is 10.1. The Morgan fingerprint density at radius 1 is 1.70 bits per heavy atom. The van der Waals surface area contributed by atoms with Crippen molar-refractivity contribution in [1.82, 2.24) is 4.98 Å². The Labute approximate surface area is 66.6 Å². The van der Waals surface area contributed by atoms with Crippen molar-refractivity contribution in [2.24, 2.45) is 0 Å². The normalized spacial score (nSPS) is 37.8. The van der Waals surface area contributed by atoms with Crippen LogP contribution in [0.1, 0.15) is 31.2 Å². The number of hydrogen-bond acceptors (Lipinski definition) is 2. The molecule has 52 valence electrons. The fourth-order valence-corrected chi connectivity index (χ4v) is 0.693. The molecule has 0 amide bonds. The average Bonchev–Trinajstić information content (AvgIpc) is 2.46. The molecule has 0 aliphatic heterocycles. The Balaban J connectivity index is 2.46. The Morgan fingerprint density at radius 2 is 2.50 bits per heavy atom. The van der Waals surface area contributed by atoms with Gasteiger partial charge in [-0.2, -0.15) is 0 Å². The third-order valence-electron chi connectivity index (χ3n) is 1.25. The van der Waals surface area contributed by atoms with Crippen molar-refractivity contribution in [3.8, 4) is 5.75 Å². The maximum atomic E-state index is 8.99. The predicted molar refractivity (Wildman–Crippen MR) is 37.9 cm³/mol. The molecule has 1 aromatic rings. The van der Waals surface area contributed by atoms with Crippen LogP contribution in [0.2, 0.25) is 0 Å². The van der Waals surface area contributed by atoms with Gasteiger partial charge in [0.2, 0.25) is 0 Å². The molecule has 2 rings (SSSR count). The van der Waals surface area contributed by atoms with Crippen LogP contribution in [-0.4, -0.2) is 10.1 Å². The van der Waals surface area contributed by atoms with Gasteiger partial charge in [-0.3, -0.25) is 4.98 Å². The molecule has 0 aromatic carbocycles. The zero-order chi connectivity index (χ0) is 11.5. The number of pyridine rings is 1. The minimum absolute atomic E-state index is 0.00435. The van der Waals surface area contributed by atoms with Crippen molar-refractivity contribution in [3.05, 3.63) is 24.0 Å². The van der Waals surface area contributed by atoms with Crippen LogP contribution in [0.3, 0.4) is 0 Å². The van der Waals surface area contributed by atoms with Crippen molar-refractivity contribution < 1.29 is 12.0 Å². The molecule has 0 spiro atoms. The minimum Gasteiger partial charge on any atom is -0.506 e. The summed E-state index contributed by atoms with van der Waals surface area (Å²) in [5.74, 6) is -2.07. The fourth-order valence-electron chi connectivity index (χ4n) is 0.693. The van der Waals surface area contributed by atoms with E-state index < -0.39 is 18.6 Å². The summed E-state index contributed by atoms with van der Waals surface area (Å²) in [5.41, 5.74) is -0.00435. The van der Waals surface area contributed by atoms with Gasteiger partial charge in [0.05, 0.1) is 6.20 Å². The summed E-state index contributed by atoms with van der Waals surface area (Å²) in [6.07, 6.45) is -3.41. The van der Waals surface area contributed by atoms with Gasteiger partial charge in [-0.25, -0.2) is 0 Å². The first-order valence-electron chi connectivity index (χ1n) is 5.40. The number of aromatic hydroxyl groups is 1. The lowest BCUT2D eigenvalue weighted by Gasteiger charge is -1.94. The number of rotatable bonds is 1. The monoisotopic (exact) mass is 140 g/mol. The average molecular weight is 140 g/mol. The van der Waals surface area contributed by atoms with Crippen LogP contribution in [0.15, 0.2) is 18.3 Å². The van der Waals surface area contributed by atoms with Crippen LogP contribution in [0.25, 0.3) is 0 Å². The molecule has 0 bridgehead atoms. The van der Waals surface area contributed by atoms with Gasteiger partial charge in [-0.05, 0) is 24.9 Å². The molecule has 0 atom stereocenters. The first kappa shape index (κ1) is 2.53. The van der Waals surface area contributed by atoms with E-state index in [1.807, 2.05) is 0 Å². The lowest BCUT2D eigenvalue weighted by molar-refractivity contribution is 0.472. The molecule has 0 unspecified atom stereocenters. The minimum atomic E-state index is -2.25. The van der Waals surface area contributed by atoms with E-state index in [1.54, 1.807) is 0 Å². The van der Waals surface area contributed by atoms with E-state index in [0.29, 0.717) is 0 Å².